The number of amides is 3. The van der Waals surface area contributed by atoms with Crippen molar-refractivity contribution in [2.24, 2.45) is 5.73 Å². The Morgan fingerprint density at radius 2 is 1.88 bits per heavy atom. The molecule has 33 heavy (non-hydrogen) atoms. The number of hydrogen-bond acceptors (Lipinski definition) is 7. The lowest BCUT2D eigenvalue weighted by Crippen LogP contribution is -2.46. The molecule has 3 amide bonds. The third-order valence-electron chi connectivity index (χ3n) is 5.77. The van der Waals surface area contributed by atoms with Gasteiger partial charge < -0.3 is 16.8 Å². The van der Waals surface area contributed by atoms with Gasteiger partial charge in [0.15, 0.2) is 11.7 Å². The van der Waals surface area contributed by atoms with Gasteiger partial charge in [-0.2, -0.15) is 4.37 Å². The number of para-hydroxylation sites is 1. The molecule has 0 saturated heterocycles. The summed E-state index contributed by atoms with van der Waals surface area (Å²) in [5.41, 5.74) is 12.6. The topological polar surface area (TPSA) is 131 Å². The second kappa shape index (κ2) is 9.72. The van der Waals surface area contributed by atoms with E-state index in [1.54, 1.807) is 6.07 Å². The number of carbonyl (C=O) groups is 3. The molecule has 0 radical (unpaired) electrons. The maximum atomic E-state index is 13.9. The predicted octanol–water partition coefficient (Wildman–Crippen LogP) is 3.64. The van der Waals surface area contributed by atoms with E-state index in [-0.39, 0.29) is 28.2 Å². The van der Waals surface area contributed by atoms with Crippen LogP contribution in [0, 0.1) is 6.92 Å². The van der Waals surface area contributed by atoms with Gasteiger partial charge >= 0.3 is 0 Å². The number of carbonyl (C=O) groups excluding carboxylic acids is 3. The number of hydrogen-bond donors (Lipinski definition) is 3. The highest BCUT2D eigenvalue weighted by Gasteiger charge is 2.38. The highest BCUT2D eigenvalue weighted by atomic mass is 32.1. The number of primary amides is 1. The van der Waals surface area contributed by atoms with E-state index < -0.39 is 17.9 Å². The first-order chi connectivity index (χ1) is 15.9. The van der Waals surface area contributed by atoms with E-state index in [1.807, 2.05) is 42.6 Å². The molecule has 0 bridgehead atoms. The summed E-state index contributed by atoms with van der Waals surface area (Å²) in [6, 6.07) is 10.2. The number of rotatable bonds is 7. The zero-order valence-electron chi connectivity index (χ0n) is 18.1. The Kier molecular flexibility index (Phi) is 6.75. The fraction of sp³-hybridized carbons (Fsp3) is 0.304. The smallest absolute Gasteiger partial charge is 0.273 e. The SMILES string of the molecule is Cc1ccccc1N(C(=O)c1snc(C(N)=O)c1N)C(C(=O)NC1CCCC1)c1cccs1. The fourth-order valence-corrected chi connectivity index (χ4v) is 5.66. The zero-order valence-corrected chi connectivity index (χ0v) is 19.7. The van der Waals surface area contributed by atoms with Gasteiger partial charge in [0.05, 0.1) is 5.69 Å². The van der Waals surface area contributed by atoms with Crippen molar-refractivity contribution in [2.75, 3.05) is 10.6 Å². The summed E-state index contributed by atoms with van der Waals surface area (Å²) in [6.07, 6.45) is 3.99. The Labute approximate surface area is 199 Å². The Morgan fingerprint density at radius 3 is 2.48 bits per heavy atom. The van der Waals surface area contributed by atoms with E-state index in [9.17, 15) is 14.4 Å². The van der Waals surface area contributed by atoms with E-state index in [1.165, 1.54) is 16.2 Å². The number of thiophene rings is 1. The van der Waals surface area contributed by atoms with Gasteiger partial charge in [-0.1, -0.05) is 37.1 Å². The van der Waals surface area contributed by atoms with Crippen molar-refractivity contribution in [2.45, 2.75) is 44.7 Å². The van der Waals surface area contributed by atoms with Gasteiger partial charge in [-0.15, -0.1) is 11.3 Å². The van der Waals surface area contributed by atoms with Crippen LogP contribution in [-0.4, -0.2) is 28.1 Å². The Hall–Kier alpha value is -3.24. The molecule has 4 rings (SSSR count). The molecule has 1 unspecified atom stereocenters. The van der Waals surface area contributed by atoms with Gasteiger partial charge in [0.1, 0.15) is 4.88 Å². The van der Waals surface area contributed by atoms with Crippen molar-refractivity contribution in [3.05, 3.63) is 62.8 Å². The summed E-state index contributed by atoms with van der Waals surface area (Å²) in [4.78, 5) is 41.5. The van der Waals surface area contributed by atoms with E-state index in [0.29, 0.717) is 5.69 Å². The number of nitrogen functional groups attached to an aromatic ring is 1. The molecule has 3 aromatic rings. The molecule has 8 nitrogen and oxygen atoms in total. The van der Waals surface area contributed by atoms with E-state index >= 15 is 0 Å². The van der Waals surface area contributed by atoms with Gasteiger partial charge in [0.2, 0.25) is 5.91 Å². The summed E-state index contributed by atoms with van der Waals surface area (Å²) in [7, 11) is 0. The predicted molar refractivity (Wildman–Crippen MR) is 130 cm³/mol. The highest BCUT2D eigenvalue weighted by molar-refractivity contribution is 7.10. The number of anilines is 2. The van der Waals surface area contributed by atoms with Gasteiger partial charge in [-0.25, -0.2) is 0 Å². The molecule has 0 aliphatic heterocycles. The number of aryl methyl sites for hydroxylation is 1. The van der Waals surface area contributed by atoms with Crippen LogP contribution in [0.5, 0.6) is 0 Å². The van der Waals surface area contributed by atoms with Crippen LogP contribution < -0.4 is 21.7 Å². The Bertz CT molecular complexity index is 1170. The summed E-state index contributed by atoms with van der Waals surface area (Å²) in [6.45, 7) is 1.88. The van der Waals surface area contributed by atoms with Crippen LogP contribution >= 0.6 is 22.9 Å². The monoisotopic (exact) mass is 483 g/mol. The molecule has 1 aliphatic carbocycles. The van der Waals surface area contributed by atoms with Crippen molar-refractivity contribution < 1.29 is 14.4 Å². The molecule has 1 fully saturated rings. The second-order valence-corrected chi connectivity index (χ2v) is 9.76. The largest absolute Gasteiger partial charge is 0.395 e. The quantitative estimate of drug-likeness (QED) is 0.472. The lowest BCUT2D eigenvalue weighted by atomic mass is 10.1. The second-order valence-electron chi connectivity index (χ2n) is 8.01. The third-order valence-corrected chi connectivity index (χ3v) is 7.55. The van der Waals surface area contributed by atoms with Crippen molar-refractivity contribution in [3.63, 3.8) is 0 Å². The minimum Gasteiger partial charge on any atom is -0.395 e. The maximum Gasteiger partial charge on any atom is 0.273 e. The standard InChI is InChI=1S/C23H25N5O3S2/c1-13-7-2-5-10-15(13)28(23(31)20-17(24)18(21(25)29)27-33-20)19(16-11-6-12-32-16)22(30)26-14-8-3-4-9-14/h2,5-7,10-12,14,19H,3-4,8-9,24H2,1H3,(H2,25,29)(H,26,30). The summed E-state index contributed by atoms with van der Waals surface area (Å²) in [5.74, 6) is -1.56. The Balaban J connectivity index is 1.83. The number of benzene rings is 1. The molecule has 172 valence electrons. The first kappa shape index (κ1) is 22.9. The van der Waals surface area contributed by atoms with Crippen molar-refractivity contribution in [1.82, 2.24) is 9.69 Å². The van der Waals surface area contributed by atoms with Crippen LogP contribution in [-0.2, 0) is 4.79 Å². The van der Waals surface area contributed by atoms with E-state index in [2.05, 4.69) is 9.69 Å². The molecular weight excluding hydrogens is 458 g/mol. The molecule has 1 saturated carbocycles. The lowest BCUT2D eigenvalue weighted by molar-refractivity contribution is -0.123. The van der Waals surface area contributed by atoms with Gasteiger partial charge in [-0.3, -0.25) is 19.3 Å². The minimum atomic E-state index is -0.905. The fourth-order valence-electron chi connectivity index (χ4n) is 4.11. The molecule has 0 spiro atoms. The average molecular weight is 484 g/mol. The van der Waals surface area contributed by atoms with Crippen molar-refractivity contribution >= 4 is 52.0 Å². The van der Waals surface area contributed by atoms with E-state index in [0.717, 1.165) is 47.7 Å². The molecule has 10 heteroatoms. The molecule has 5 N–H and O–H groups in total. The minimum absolute atomic E-state index is 0.0716. The molecule has 1 aromatic carbocycles. The third kappa shape index (κ3) is 4.62. The first-order valence-corrected chi connectivity index (χ1v) is 12.3. The number of nitrogens with two attached hydrogens (primary N) is 2. The molecule has 2 aromatic heterocycles. The lowest BCUT2D eigenvalue weighted by Gasteiger charge is -2.32. The average Bonchev–Trinajstić information content (AvgIpc) is 3.54. The van der Waals surface area contributed by atoms with Gasteiger partial charge in [0.25, 0.3) is 11.8 Å². The molecule has 2 heterocycles. The van der Waals surface area contributed by atoms with Crippen LogP contribution in [0.3, 0.4) is 0 Å². The summed E-state index contributed by atoms with van der Waals surface area (Å²) >= 11 is 2.21. The van der Waals surface area contributed by atoms with Crippen LogP contribution in [0.25, 0.3) is 0 Å². The van der Waals surface area contributed by atoms with Crippen molar-refractivity contribution in [1.29, 1.82) is 0 Å². The van der Waals surface area contributed by atoms with Crippen LogP contribution in [0.2, 0.25) is 0 Å². The zero-order chi connectivity index (χ0) is 23.5. The number of aromatic nitrogens is 1. The molecule has 1 aliphatic rings. The molecular formula is C23H25N5O3S2. The van der Waals surface area contributed by atoms with Gasteiger partial charge in [0, 0.05) is 16.6 Å². The van der Waals surface area contributed by atoms with E-state index in [4.69, 9.17) is 11.5 Å². The summed E-state index contributed by atoms with van der Waals surface area (Å²) < 4.78 is 3.98. The van der Waals surface area contributed by atoms with Gasteiger partial charge in [-0.05, 0) is 54.4 Å². The number of nitrogens with one attached hydrogen (secondary N) is 1. The maximum absolute atomic E-state index is 13.9. The Morgan fingerprint density at radius 1 is 1.15 bits per heavy atom. The summed E-state index contributed by atoms with van der Waals surface area (Å²) in [5, 5.41) is 5.01. The van der Waals surface area contributed by atoms with Crippen LogP contribution in [0.4, 0.5) is 11.4 Å². The van der Waals surface area contributed by atoms with Crippen LogP contribution in [0.15, 0.2) is 41.8 Å². The molecule has 1 atom stereocenters. The normalized spacial score (nSPS) is 14.7. The number of nitrogens with zero attached hydrogens (tertiary/aromatic N) is 2. The van der Waals surface area contributed by atoms with Crippen molar-refractivity contribution in [3.8, 4) is 0 Å². The first-order valence-electron chi connectivity index (χ1n) is 10.7. The highest BCUT2D eigenvalue weighted by Crippen LogP contribution is 2.36. The van der Waals surface area contributed by atoms with Crippen LogP contribution in [0.1, 0.15) is 62.3 Å².